The van der Waals surface area contributed by atoms with Crippen LogP contribution < -0.4 is 5.32 Å². The van der Waals surface area contributed by atoms with Gasteiger partial charge in [-0.25, -0.2) is 4.98 Å². The molecule has 2 heterocycles. The monoisotopic (exact) mass is 273 g/mol. The van der Waals surface area contributed by atoms with Gasteiger partial charge < -0.3 is 9.73 Å². The summed E-state index contributed by atoms with van der Waals surface area (Å²) in [5, 5.41) is 2.90. The molecule has 0 aliphatic rings. The maximum atomic E-state index is 12.2. The van der Waals surface area contributed by atoms with Gasteiger partial charge in [0.05, 0.1) is 6.04 Å². The molecule has 0 bridgehead atoms. The van der Waals surface area contributed by atoms with Gasteiger partial charge in [0.15, 0.2) is 11.6 Å². The van der Waals surface area contributed by atoms with E-state index in [4.69, 9.17) is 4.42 Å². The molecule has 2 aromatic heterocycles. The third kappa shape index (κ3) is 3.04. The van der Waals surface area contributed by atoms with E-state index in [-0.39, 0.29) is 17.9 Å². The van der Waals surface area contributed by atoms with Gasteiger partial charge in [-0.1, -0.05) is 19.9 Å². The third-order valence-corrected chi connectivity index (χ3v) is 3.05. The molecule has 0 spiro atoms. The highest BCUT2D eigenvalue weighted by atomic mass is 16.4. The predicted octanol–water partition coefficient (Wildman–Crippen LogP) is 2.99. The first-order valence-electron chi connectivity index (χ1n) is 6.67. The van der Waals surface area contributed by atoms with Gasteiger partial charge in [-0.05, 0) is 25.5 Å². The molecule has 1 amide bonds. The Morgan fingerprint density at radius 3 is 2.65 bits per heavy atom. The number of hydrogen-bond acceptors (Lipinski definition) is 4. The Kier molecular flexibility index (Phi) is 4.17. The average molecular weight is 273 g/mol. The maximum absolute atomic E-state index is 12.2. The molecule has 0 radical (unpaired) electrons. The second-order valence-corrected chi connectivity index (χ2v) is 5.09. The molecule has 0 aromatic carbocycles. The Morgan fingerprint density at radius 2 is 2.10 bits per heavy atom. The average Bonchev–Trinajstić information content (AvgIpc) is 2.82. The summed E-state index contributed by atoms with van der Waals surface area (Å²) in [6.45, 7) is 7.62. The van der Waals surface area contributed by atoms with Crippen molar-refractivity contribution >= 4 is 5.91 Å². The molecule has 2 rings (SSSR count). The Hall–Kier alpha value is -2.17. The van der Waals surface area contributed by atoms with Crippen LogP contribution in [0.2, 0.25) is 0 Å². The normalized spacial score (nSPS) is 12.4. The molecule has 5 nitrogen and oxygen atoms in total. The summed E-state index contributed by atoms with van der Waals surface area (Å²) >= 11 is 0. The molecule has 20 heavy (non-hydrogen) atoms. The number of aryl methyl sites for hydroxylation is 1. The third-order valence-electron chi connectivity index (χ3n) is 3.05. The van der Waals surface area contributed by atoms with Gasteiger partial charge >= 0.3 is 0 Å². The second kappa shape index (κ2) is 5.86. The molecule has 0 aliphatic carbocycles. The molecule has 1 unspecified atom stereocenters. The van der Waals surface area contributed by atoms with E-state index in [1.54, 1.807) is 19.3 Å². The summed E-state index contributed by atoms with van der Waals surface area (Å²) in [5.74, 6) is 1.06. The minimum atomic E-state index is -0.227. The van der Waals surface area contributed by atoms with Gasteiger partial charge in [-0.3, -0.25) is 9.78 Å². The number of nitrogens with zero attached hydrogens (tertiary/aromatic N) is 2. The Morgan fingerprint density at radius 1 is 1.35 bits per heavy atom. The van der Waals surface area contributed by atoms with Gasteiger partial charge in [0.2, 0.25) is 0 Å². The van der Waals surface area contributed by atoms with Crippen LogP contribution in [-0.4, -0.2) is 15.9 Å². The summed E-state index contributed by atoms with van der Waals surface area (Å²) in [7, 11) is 0. The minimum Gasteiger partial charge on any atom is -0.445 e. The van der Waals surface area contributed by atoms with Crippen LogP contribution in [0.4, 0.5) is 0 Å². The predicted molar refractivity (Wildman–Crippen MR) is 75.4 cm³/mol. The quantitative estimate of drug-likeness (QED) is 0.929. The van der Waals surface area contributed by atoms with Crippen LogP contribution >= 0.6 is 0 Å². The van der Waals surface area contributed by atoms with Crippen molar-refractivity contribution in [2.24, 2.45) is 0 Å². The highest BCUT2D eigenvalue weighted by Gasteiger charge is 2.20. The van der Waals surface area contributed by atoms with Gasteiger partial charge in [-0.2, -0.15) is 0 Å². The van der Waals surface area contributed by atoms with Gasteiger partial charge in [0, 0.05) is 18.3 Å². The molecule has 2 aromatic rings. The lowest BCUT2D eigenvalue weighted by atomic mass is 10.1. The zero-order chi connectivity index (χ0) is 14.7. The Labute approximate surface area is 118 Å². The Bertz CT molecular complexity index is 590. The summed E-state index contributed by atoms with van der Waals surface area (Å²) in [6.07, 6.45) is 3.44. The van der Waals surface area contributed by atoms with Crippen molar-refractivity contribution in [2.45, 2.75) is 39.7 Å². The van der Waals surface area contributed by atoms with Crippen molar-refractivity contribution in [3.8, 4) is 0 Å². The van der Waals surface area contributed by atoms with E-state index in [1.807, 2.05) is 32.9 Å². The molecule has 0 fully saturated rings. The largest absolute Gasteiger partial charge is 0.445 e. The molecule has 106 valence electrons. The first-order valence-corrected chi connectivity index (χ1v) is 6.67. The number of aromatic nitrogens is 2. The molecular weight excluding hydrogens is 254 g/mol. The molecule has 0 saturated heterocycles. The number of rotatable bonds is 4. The van der Waals surface area contributed by atoms with E-state index < -0.39 is 0 Å². The zero-order valence-electron chi connectivity index (χ0n) is 12.2. The number of carbonyl (C=O) groups is 1. The van der Waals surface area contributed by atoms with Crippen molar-refractivity contribution in [3.63, 3.8) is 0 Å². The number of carbonyl (C=O) groups excluding carboxylic acids is 1. The number of pyridine rings is 1. The fraction of sp³-hybridized carbons (Fsp3) is 0.400. The maximum Gasteiger partial charge on any atom is 0.274 e. The molecule has 5 heteroatoms. The second-order valence-electron chi connectivity index (χ2n) is 5.09. The molecule has 1 N–H and O–H groups in total. The Balaban J connectivity index is 2.12. The summed E-state index contributed by atoms with van der Waals surface area (Å²) in [4.78, 5) is 20.5. The fourth-order valence-corrected chi connectivity index (χ4v) is 1.85. The van der Waals surface area contributed by atoms with Crippen molar-refractivity contribution < 1.29 is 9.21 Å². The van der Waals surface area contributed by atoms with Gasteiger partial charge in [0.25, 0.3) is 5.91 Å². The van der Waals surface area contributed by atoms with Crippen LogP contribution in [0.15, 0.2) is 28.9 Å². The fourth-order valence-electron chi connectivity index (χ4n) is 1.85. The van der Waals surface area contributed by atoms with Crippen molar-refractivity contribution in [3.05, 3.63) is 47.4 Å². The van der Waals surface area contributed by atoms with E-state index in [1.165, 1.54) is 0 Å². The van der Waals surface area contributed by atoms with Crippen LogP contribution in [0.5, 0.6) is 0 Å². The molecule has 1 atom stereocenters. The summed E-state index contributed by atoms with van der Waals surface area (Å²) in [5.41, 5.74) is 1.30. The van der Waals surface area contributed by atoms with Gasteiger partial charge in [0.1, 0.15) is 5.76 Å². The first-order chi connectivity index (χ1) is 9.49. The first kappa shape index (κ1) is 14.2. The zero-order valence-corrected chi connectivity index (χ0v) is 12.2. The van der Waals surface area contributed by atoms with Crippen LogP contribution in [-0.2, 0) is 0 Å². The highest BCUT2D eigenvalue weighted by molar-refractivity contribution is 5.93. The van der Waals surface area contributed by atoms with Crippen LogP contribution in [0.1, 0.15) is 60.4 Å². The van der Waals surface area contributed by atoms with Crippen LogP contribution in [0.25, 0.3) is 0 Å². The summed E-state index contributed by atoms with van der Waals surface area (Å²) < 4.78 is 5.50. The smallest absolute Gasteiger partial charge is 0.274 e. The van der Waals surface area contributed by atoms with Crippen molar-refractivity contribution in [2.75, 3.05) is 0 Å². The SMILES string of the molecule is Cc1oc(C(C)C)nc1C(=O)NC(C)c1cccnc1. The molecule has 0 saturated carbocycles. The van der Waals surface area contributed by atoms with Crippen molar-refractivity contribution in [1.82, 2.24) is 15.3 Å². The lowest BCUT2D eigenvalue weighted by Crippen LogP contribution is -2.27. The van der Waals surface area contributed by atoms with E-state index in [0.29, 0.717) is 17.3 Å². The number of amides is 1. The number of oxazole rings is 1. The van der Waals surface area contributed by atoms with Gasteiger partial charge in [-0.15, -0.1) is 0 Å². The van der Waals surface area contributed by atoms with Crippen LogP contribution in [0, 0.1) is 6.92 Å². The number of nitrogens with one attached hydrogen (secondary N) is 1. The highest BCUT2D eigenvalue weighted by Crippen LogP contribution is 2.18. The lowest BCUT2D eigenvalue weighted by molar-refractivity contribution is 0.0934. The number of hydrogen-bond donors (Lipinski definition) is 1. The lowest BCUT2D eigenvalue weighted by Gasteiger charge is -2.12. The van der Waals surface area contributed by atoms with E-state index in [0.717, 1.165) is 5.56 Å². The molecular formula is C15H19N3O2. The topological polar surface area (TPSA) is 68.0 Å². The van der Waals surface area contributed by atoms with Crippen LogP contribution in [0.3, 0.4) is 0 Å². The minimum absolute atomic E-state index is 0.130. The summed E-state index contributed by atoms with van der Waals surface area (Å²) in [6, 6.07) is 3.64. The van der Waals surface area contributed by atoms with E-state index in [9.17, 15) is 4.79 Å². The van der Waals surface area contributed by atoms with E-state index >= 15 is 0 Å². The molecule has 0 aliphatic heterocycles. The van der Waals surface area contributed by atoms with Crippen molar-refractivity contribution in [1.29, 1.82) is 0 Å². The van der Waals surface area contributed by atoms with E-state index in [2.05, 4.69) is 15.3 Å². The standard InChI is InChI=1S/C15H19N3O2/c1-9(2)15-18-13(11(4)20-15)14(19)17-10(3)12-6-5-7-16-8-12/h5-10H,1-4H3,(H,17,19).